The lowest BCUT2D eigenvalue weighted by Crippen LogP contribution is -2.31. The minimum Gasteiger partial charge on any atom is -0.377 e. The number of non-ortho nitro benzene ring substituents is 1. The number of rotatable bonds is 5. The first kappa shape index (κ1) is 24.3. The molecule has 0 radical (unpaired) electrons. The van der Waals surface area contributed by atoms with Gasteiger partial charge in [0.05, 0.1) is 26.2 Å². The summed E-state index contributed by atoms with van der Waals surface area (Å²) in [6.07, 6.45) is 0.758. The summed E-state index contributed by atoms with van der Waals surface area (Å²) in [7, 11) is 0. The molecule has 180 valence electrons. The van der Waals surface area contributed by atoms with Crippen LogP contribution < -0.4 is 5.32 Å². The number of nitrogens with zero attached hydrogens (tertiary/aromatic N) is 2. The molecule has 1 fully saturated rings. The molecule has 5 atom stereocenters. The number of aryl methyl sites for hydroxylation is 1. The number of alkyl halides is 1. The van der Waals surface area contributed by atoms with Crippen LogP contribution in [0.15, 0.2) is 65.6 Å². The molecule has 0 aromatic heterocycles. The van der Waals surface area contributed by atoms with E-state index in [1.165, 1.54) is 35.5 Å². The third kappa shape index (κ3) is 4.49. The van der Waals surface area contributed by atoms with Crippen LogP contribution in [0.1, 0.15) is 35.1 Å². The highest BCUT2D eigenvalue weighted by Gasteiger charge is 2.50. The van der Waals surface area contributed by atoms with Gasteiger partial charge in [0.25, 0.3) is 11.4 Å². The van der Waals surface area contributed by atoms with Crippen LogP contribution in [0.3, 0.4) is 0 Å². The zero-order valence-electron chi connectivity index (χ0n) is 18.6. The number of nitro benzene ring substituents is 2. The van der Waals surface area contributed by atoms with Crippen molar-refractivity contribution in [1.82, 2.24) is 0 Å². The first-order valence-corrected chi connectivity index (χ1v) is 13.5. The normalized spacial score (nSPS) is 24.8. The number of para-hydroxylation sites is 1. The van der Waals surface area contributed by atoms with E-state index >= 15 is 0 Å². The summed E-state index contributed by atoms with van der Waals surface area (Å²) in [5, 5.41) is 26.2. The topological polar surface area (TPSA) is 98.3 Å². The summed E-state index contributed by atoms with van der Waals surface area (Å²) in [6, 6.07) is 17.7. The molecule has 0 saturated heterocycles. The number of halogens is 2. The molecular formula is C25H21ClIN3O4S. The maximum Gasteiger partial charge on any atom is 0.282 e. The van der Waals surface area contributed by atoms with Crippen LogP contribution in [0.4, 0.5) is 17.1 Å². The van der Waals surface area contributed by atoms with Crippen LogP contribution >= 0.6 is 46.0 Å². The van der Waals surface area contributed by atoms with E-state index < -0.39 is 4.92 Å². The summed E-state index contributed by atoms with van der Waals surface area (Å²) < 4.78 is 1.13. The Morgan fingerprint density at radius 1 is 1.06 bits per heavy atom. The summed E-state index contributed by atoms with van der Waals surface area (Å²) in [5.41, 5.74) is 4.45. The van der Waals surface area contributed by atoms with Crippen LogP contribution in [0.5, 0.6) is 0 Å². The molecule has 3 aromatic rings. The summed E-state index contributed by atoms with van der Waals surface area (Å²) in [4.78, 5) is 22.6. The van der Waals surface area contributed by atoms with Gasteiger partial charge in [0.1, 0.15) is 0 Å². The first-order valence-electron chi connectivity index (χ1n) is 11.1. The molecule has 1 saturated carbocycles. The Balaban J connectivity index is 1.55. The van der Waals surface area contributed by atoms with Gasteiger partial charge in [0.2, 0.25) is 0 Å². The quantitative estimate of drug-likeness (QED) is 0.138. The fraction of sp³-hybridized carbons (Fsp3) is 0.280. The standard InChI is InChI=1S/C25H21ClIN3O4S/c1-13-10-15(27)11-17-22-18(25(28-24(13)17)14-6-8-16(9-7-14)29(31)32)12-21(23(22)26)35-20-5-3-2-4-19(20)30(33)34/h2-11,18,21-23,25,28H,12H2,1H3/t18-,21+,22+,23+,25-/m1/s1. The molecule has 0 spiro atoms. The van der Waals surface area contributed by atoms with Gasteiger partial charge < -0.3 is 5.32 Å². The smallest absolute Gasteiger partial charge is 0.282 e. The number of hydrogen-bond acceptors (Lipinski definition) is 6. The predicted molar refractivity (Wildman–Crippen MR) is 147 cm³/mol. The number of hydrogen-bond donors (Lipinski definition) is 1. The zero-order valence-corrected chi connectivity index (χ0v) is 22.3. The molecule has 35 heavy (non-hydrogen) atoms. The van der Waals surface area contributed by atoms with E-state index in [0.29, 0.717) is 4.90 Å². The Morgan fingerprint density at radius 3 is 2.46 bits per heavy atom. The van der Waals surface area contributed by atoms with Crippen LogP contribution in [0.2, 0.25) is 0 Å². The second-order valence-corrected chi connectivity index (χ2v) is 11.9. The van der Waals surface area contributed by atoms with E-state index in [4.69, 9.17) is 11.6 Å². The summed E-state index contributed by atoms with van der Waals surface area (Å²) in [6.45, 7) is 2.07. The first-order chi connectivity index (χ1) is 16.7. The molecule has 10 heteroatoms. The van der Waals surface area contributed by atoms with Crippen molar-refractivity contribution < 1.29 is 9.85 Å². The molecule has 1 N–H and O–H groups in total. The van der Waals surface area contributed by atoms with Crippen molar-refractivity contribution in [3.05, 3.63) is 101 Å². The molecule has 0 amide bonds. The third-order valence-corrected chi connectivity index (χ3v) is 9.62. The molecule has 0 bridgehead atoms. The van der Waals surface area contributed by atoms with Crippen LogP contribution in [0.25, 0.3) is 0 Å². The number of nitrogens with one attached hydrogen (secondary N) is 1. The maximum absolute atomic E-state index is 11.6. The van der Waals surface area contributed by atoms with E-state index in [2.05, 4.69) is 47.0 Å². The van der Waals surface area contributed by atoms with Gasteiger partial charge in [-0.05, 0) is 76.7 Å². The number of nitro groups is 2. The maximum atomic E-state index is 11.6. The van der Waals surface area contributed by atoms with E-state index in [1.54, 1.807) is 12.1 Å². The highest BCUT2D eigenvalue weighted by Crippen LogP contribution is 2.58. The number of thioether (sulfide) groups is 1. The highest BCUT2D eigenvalue weighted by atomic mass is 127. The van der Waals surface area contributed by atoms with Gasteiger partial charge >= 0.3 is 0 Å². The second-order valence-electron chi connectivity index (χ2n) is 8.91. The van der Waals surface area contributed by atoms with E-state index in [1.807, 2.05) is 18.2 Å². The van der Waals surface area contributed by atoms with Gasteiger partial charge in [0, 0.05) is 38.6 Å². The molecule has 5 rings (SSSR count). The Kier molecular flexibility index (Phi) is 6.67. The van der Waals surface area contributed by atoms with E-state index in [0.717, 1.165) is 26.8 Å². The lowest BCUT2D eigenvalue weighted by atomic mass is 9.76. The lowest BCUT2D eigenvalue weighted by Gasteiger charge is -2.39. The summed E-state index contributed by atoms with van der Waals surface area (Å²) in [5.74, 6) is 0.172. The van der Waals surface area contributed by atoms with Crippen LogP contribution in [-0.4, -0.2) is 20.5 Å². The Bertz CT molecular complexity index is 1320. The van der Waals surface area contributed by atoms with Crippen LogP contribution in [-0.2, 0) is 0 Å². The molecule has 3 aromatic carbocycles. The van der Waals surface area contributed by atoms with Crippen molar-refractivity contribution >= 4 is 63.0 Å². The Morgan fingerprint density at radius 2 is 1.77 bits per heavy atom. The molecule has 1 aliphatic carbocycles. The molecule has 1 aliphatic heterocycles. The van der Waals surface area contributed by atoms with Crippen molar-refractivity contribution in [2.45, 2.75) is 40.8 Å². The molecule has 0 unspecified atom stereocenters. The second kappa shape index (κ2) is 9.59. The van der Waals surface area contributed by atoms with Crippen molar-refractivity contribution in [2.75, 3.05) is 5.32 Å². The SMILES string of the molecule is Cc1cc(I)cc2c1N[C@H](c1ccc([N+](=O)[O-])cc1)[C@@H]1C[C@H](Sc3ccccc3[N+](=O)[O-])[C@H](Cl)[C@@H]21. The van der Waals surface area contributed by atoms with Crippen LogP contribution in [0, 0.1) is 36.6 Å². The third-order valence-electron chi connectivity index (χ3n) is 6.89. The molecular weight excluding hydrogens is 601 g/mol. The minimum absolute atomic E-state index is 0.0285. The fourth-order valence-electron chi connectivity index (χ4n) is 5.37. The monoisotopic (exact) mass is 621 g/mol. The predicted octanol–water partition coefficient (Wildman–Crippen LogP) is 7.45. The van der Waals surface area contributed by atoms with E-state index in [-0.39, 0.29) is 44.8 Å². The average Bonchev–Trinajstić information content (AvgIpc) is 3.15. The number of anilines is 1. The van der Waals surface area contributed by atoms with Crippen molar-refractivity contribution in [2.24, 2.45) is 5.92 Å². The Labute approximate surface area is 225 Å². The van der Waals surface area contributed by atoms with Gasteiger partial charge in [-0.3, -0.25) is 20.2 Å². The fourth-order valence-corrected chi connectivity index (χ4v) is 8.11. The van der Waals surface area contributed by atoms with E-state index in [9.17, 15) is 20.2 Å². The molecule has 7 nitrogen and oxygen atoms in total. The van der Waals surface area contributed by atoms with Gasteiger partial charge in [0.15, 0.2) is 0 Å². The zero-order chi connectivity index (χ0) is 24.9. The van der Waals surface area contributed by atoms with Crippen molar-refractivity contribution in [3.8, 4) is 0 Å². The Hall–Kier alpha value is -2.37. The van der Waals surface area contributed by atoms with Gasteiger partial charge in [-0.2, -0.15) is 0 Å². The lowest BCUT2D eigenvalue weighted by molar-refractivity contribution is -0.387. The number of fused-ring (bicyclic) bond motifs is 3. The van der Waals surface area contributed by atoms with Crippen molar-refractivity contribution in [1.29, 1.82) is 0 Å². The summed E-state index contributed by atoms with van der Waals surface area (Å²) >= 11 is 11.0. The van der Waals surface area contributed by atoms with Gasteiger partial charge in [-0.25, -0.2) is 0 Å². The number of benzene rings is 3. The van der Waals surface area contributed by atoms with Crippen molar-refractivity contribution in [3.63, 3.8) is 0 Å². The average molecular weight is 622 g/mol. The van der Waals surface area contributed by atoms with Gasteiger partial charge in [-0.15, -0.1) is 23.4 Å². The minimum atomic E-state index is -0.397. The highest BCUT2D eigenvalue weighted by molar-refractivity contribution is 14.1. The molecule has 2 aliphatic rings. The molecule has 1 heterocycles. The van der Waals surface area contributed by atoms with Gasteiger partial charge in [-0.1, -0.05) is 24.3 Å². The largest absolute Gasteiger partial charge is 0.377 e.